The molecule has 0 aliphatic carbocycles. The largest absolute Gasteiger partial charge is 0.494 e. The molecule has 7 heteroatoms. The third-order valence-corrected chi connectivity index (χ3v) is 2.95. The summed E-state index contributed by atoms with van der Waals surface area (Å²) in [5.74, 6) is 0.274. The Morgan fingerprint density at radius 1 is 1.55 bits per heavy atom. The summed E-state index contributed by atoms with van der Waals surface area (Å²) >= 11 is 5.02. The Hall–Kier alpha value is -2.28. The highest BCUT2D eigenvalue weighted by molar-refractivity contribution is 7.71. The van der Waals surface area contributed by atoms with Crippen LogP contribution in [0.2, 0.25) is 0 Å². The number of pyridine rings is 1. The lowest BCUT2D eigenvalue weighted by Gasteiger charge is -2.09. The number of H-pyrrole nitrogens is 1. The van der Waals surface area contributed by atoms with E-state index in [2.05, 4.69) is 15.0 Å². The normalized spacial score (nSPS) is 11.1. The fraction of sp³-hybridized carbons (Fsp3) is 0.231. The second kappa shape index (κ2) is 6.25. The summed E-state index contributed by atoms with van der Waals surface area (Å²) in [5.41, 5.74) is -0.405. The van der Waals surface area contributed by atoms with Gasteiger partial charge in [0.05, 0.1) is 0 Å². The van der Waals surface area contributed by atoms with Crippen LogP contribution in [-0.2, 0) is 6.54 Å². The summed E-state index contributed by atoms with van der Waals surface area (Å²) in [7, 11) is 0. The van der Waals surface area contributed by atoms with Crippen molar-refractivity contribution in [2.75, 3.05) is 0 Å². The Balaban J connectivity index is 2.47. The first-order valence-electron chi connectivity index (χ1n) is 6.14. The zero-order chi connectivity index (χ0) is 14.5. The second-order valence-corrected chi connectivity index (χ2v) is 4.48. The third-order valence-electron chi connectivity index (χ3n) is 2.63. The van der Waals surface area contributed by atoms with Crippen LogP contribution >= 0.6 is 12.2 Å². The van der Waals surface area contributed by atoms with Crippen molar-refractivity contribution in [2.45, 2.75) is 19.9 Å². The number of rotatable bonds is 4. The lowest BCUT2D eigenvalue weighted by Crippen LogP contribution is -2.18. The van der Waals surface area contributed by atoms with E-state index in [0.29, 0.717) is 12.4 Å². The van der Waals surface area contributed by atoms with E-state index < -0.39 is 5.56 Å². The molecule has 0 spiro atoms. The van der Waals surface area contributed by atoms with Crippen molar-refractivity contribution in [3.05, 3.63) is 45.1 Å². The minimum Gasteiger partial charge on any atom is -0.494 e. The molecule has 0 atom stereocenters. The molecule has 0 fully saturated rings. The third kappa shape index (κ3) is 3.00. The van der Waals surface area contributed by atoms with Gasteiger partial charge >= 0.3 is 0 Å². The van der Waals surface area contributed by atoms with Gasteiger partial charge in [-0.25, -0.2) is 9.98 Å². The van der Waals surface area contributed by atoms with Crippen LogP contribution in [0.1, 0.15) is 18.9 Å². The number of aromatic nitrogens is 3. The Labute approximate surface area is 120 Å². The minimum absolute atomic E-state index is 0.0673. The molecular weight excluding hydrogens is 276 g/mol. The van der Waals surface area contributed by atoms with Crippen molar-refractivity contribution in [3.63, 3.8) is 0 Å². The van der Waals surface area contributed by atoms with Crippen molar-refractivity contribution < 1.29 is 5.11 Å². The van der Waals surface area contributed by atoms with Gasteiger partial charge in [-0.15, -0.1) is 0 Å². The first kappa shape index (κ1) is 14.1. The van der Waals surface area contributed by atoms with Gasteiger partial charge in [0.1, 0.15) is 5.56 Å². The van der Waals surface area contributed by atoms with Crippen molar-refractivity contribution in [3.8, 4) is 5.88 Å². The lowest BCUT2D eigenvalue weighted by molar-refractivity contribution is 0.402. The van der Waals surface area contributed by atoms with Gasteiger partial charge in [-0.3, -0.25) is 14.3 Å². The molecule has 0 saturated carbocycles. The fourth-order valence-electron chi connectivity index (χ4n) is 1.68. The molecule has 0 amide bonds. The van der Waals surface area contributed by atoms with Gasteiger partial charge < -0.3 is 5.11 Å². The SMILES string of the molecule is CCCn1c(O)c(/C=N/c2ccccn2)c(=O)[nH]c1=S. The molecule has 0 unspecified atom stereocenters. The number of nitrogens with zero attached hydrogens (tertiary/aromatic N) is 3. The minimum atomic E-state index is -0.473. The Kier molecular flexibility index (Phi) is 4.41. The fourth-order valence-corrected chi connectivity index (χ4v) is 1.95. The summed E-state index contributed by atoms with van der Waals surface area (Å²) in [5, 5.41) is 10.1. The van der Waals surface area contributed by atoms with Crippen molar-refractivity contribution in [2.24, 2.45) is 4.99 Å². The molecule has 104 valence electrons. The molecule has 2 N–H and O–H groups in total. The molecule has 2 aromatic heterocycles. The second-order valence-electron chi connectivity index (χ2n) is 4.09. The predicted octanol–water partition coefficient (Wildman–Crippen LogP) is 2.17. The maximum absolute atomic E-state index is 11.8. The average Bonchev–Trinajstić information content (AvgIpc) is 2.44. The predicted molar refractivity (Wildman–Crippen MR) is 79.3 cm³/mol. The first-order chi connectivity index (χ1) is 9.63. The van der Waals surface area contributed by atoms with Crippen LogP contribution in [-0.4, -0.2) is 25.9 Å². The van der Waals surface area contributed by atoms with Crippen LogP contribution in [0.4, 0.5) is 5.82 Å². The Bertz CT molecular complexity index is 734. The quantitative estimate of drug-likeness (QED) is 0.667. The summed E-state index contributed by atoms with van der Waals surface area (Å²) < 4.78 is 1.67. The molecule has 0 bridgehead atoms. The number of hydrogen-bond acceptors (Lipinski definition) is 5. The molecule has 2 aromatic rings. The van der Waals surface area contributed by atoms with Crippen molar-refractivity contribution >= 4 is 24.3 Å². The van der Waals surface area contributed by atoms with E-state index in [1.165, 1.54) is 10.8 Å². The lowest BCUT2D eigenvalue weighted by atomic mass is 10.3. The molecule has 0 aliphatic heterocycles. The van der Waals surface area contributed by atoms with Crippen molar-refractivity contribution in [1.82, 2.24) is 14.5 Å². The highest BCUT2D eigenvalue weighted by Crippen LogP contribution is 2.13. The van der Waals surface area contributed by atoms with Crippen LogP contribution in [0.3, 0.4) is 0 Å². The smallest absolute Gasteiger partial charge is 0.264 e. The van der Waals surface area contributed by atoms with E-state index in [-0.39, 0.29) is 16.2 Å². The van der Waals surface area contributed by atoms with Gasteiger partial charge in [0, 0.05) is 19.0 Å². The highest BCUT2D eigenvalue weighted by Gasteiger charge is 2.10. The zero-order valence-corrected chi connectivity index (χ0v) is 11.7. The average molecular weight is 290 g/mol. The molecule has 0 saturated heterocycles. The van der Waals surface area contributed by atoms with E-state index in [0.717, 1.165) is 6.42 Å². The van der Waals surface area contributed by atoms with Crippen LogP contribution in [0.15, 0.2) is 34.2 Å². The molecule has 0 radical (unpaired) electrons. The Morgan fingerprint density at radius 2 is 2.35 bits per heavy atom. The zero-order valence-electron chi connectivity index (χ0n) is 10.9. The molecule has 2 rings (SSSR count). The molecule has 2 heterocycles. The standard InChI is InChI=1S/C13H14N4O2S/c1-2-7-17-12(19)9(11(18)16-13(17)20)8-15-10-5-3-4-6-14-10/h3-6,8,19H,2,7H2,1H3,(H,16,18,20)/b15-8+. The topological polar surface area (TPSA) is 83.3 Å². The molecule has 0 aromatic carbocycles. The first-order valence-corrected chi connectivity index (χ1v) is 6.55. The van der Waals surface area contributed by atoms with Crippen molar-refractivity contribution in [1.29, 1.82) is 0 Å². The maximum atomic E-state index is 11.8. The Morgan fingerprint density at radius 3 is 3.00 bits per heavy atom. The van der Waals surface area contributed by atoms with Gasteiger partial charge in [0.25, 0.3) is 5.56 Å². The van der Waals surface area contributed by atoms with Crippen LogP contribution in [0.5, 0.6) is 5.88 Å². The molecule has 20 heavy (non-hydrogen) atoms. The summed E-state index contributed by atoms with van der Waals surface area (Å²) in [6.45, 7) is 2.47. The number of hydrogen-bond donors (Lipinski definition) is 2. The van der Waals surface area contributed by atoms with Crippen LogP contribution in [0, 0.1) is 4.77 Å². The maximum Gasteiger partial charge on any atom is 0.264 e. The van der Waals surface area contributed by atoms with Gasteiger partial charge in [0.2, 0.25) is 5.88 Å². The van der Waals surface area contributed by atoms with E-state index in [1.807, 2.05) is 6.92 Å². The highest BCUT2D eigenvalue weighted by atomic mass is 32.1. The van der Waals surface area contributed by atoms with E-state index in [1.54, 1.807) is 24.4 Å². The number of nitrogens with one attached hydrogen (secondary N) is 1. The van der Waals surface area contributed by atoms with Gasteiger partial charge in [-0.1, -0.05) is 13.0 Å². The van der Waals surface area contributed by atoms with Gasteiger partial charge in [-0.2, -0.15) is 0 Å². The summed E-state index contributed by atoms with van der Waals surface area (Å²) in [6.07, 6.45) is 3.67. The number of aromatic amines is 1. The van der Waals surface area contributed by atoms with E-state index in [9.17, 15) is 9.90 Å². The number of aliphatic imine (C=N–C) groups is 1. The van der Waals surface area contributed by atoms with Gasteiger partial charge in [-0.05, 0) is 30.8 Å². The van der Waals surface area contributed by atoms with Gasteiger partial charge in [0.15, 0.2) is 10.6 Å². The molecule has 0 aliphatic rings. The van der Waals surface area contributed by atoms with E-state index in [4.69, 9.17) is 12.2 Å². The number of aromatic hydroxyl groups is 1. The molecule has 6 nitrogen and oxygen atoms in total. The van der Waals surface area contributed by atoms with Crippen LogP contribution < -0.4 is 5.56 Å². The summed E-state index contributed by atoms with van der Waals surface area (Å²) in [6, 6.07) is 5.25. The monoisotopic (exact) mass is 290 g/mol. The molecular formula is C13H14N4O2S. The van der Waals surface area contributed by atoms with Crippen LogP contribution in [0.25, 0.3) is 0 Å². The van der Waals surface area contributed by atoms with E-state index >= 15 is 0 Å². The summed E-state index contributed by atoms with van der Waals surface area (Å²) in [4.78, 5) is 22.4.